The summed E-state index contributed by atoms with van der Waals surface area (Å²) in [5.74, 6) is -0.0250. The lowest BCUT2D eigenvalue weighted by Gasteiger charge is -2.31. The molecule has 3 heterocycles. The van der Waals surface area contributed by atoms with E-state index in [9.17, 15) is 4.79 Å². The molecule has 0 bridgehead atoms. The summed E-state index contributed by atoms with van der Waals surface area (Å²) < 4.78 is 0. The molecule has 1 aromatic carbocycles. The molecule has 150 valence electrons. The summed E-state index contributed by atoms with van der Waals surface area (Å²) in [6.07, 6.45) is 1.74. The molecule has 0 spiro atoms. The first-order valence-corrected chi connectivity index (χ1v) is 10.5. The van der Waals surface area contributed by atoms with Crippen molar-refractivity contribution in [3.8, 4) is 0 Å². The highest BCUT2D eigenvalue weighted by molar-refractivity contribution is 7.99. The van der Waals surface area contributed by atoms with Gasteiger partial charge in [0.15, 0.2) is 5.65 Å². The number of nitrogens with zero attached hydrogens (tertiary/aromatic N) is 5. The fourth-order valence-electron chi connectivity index (χ4n) is 3.20. The minimum absolute atomic E-state index is 0.0250. The summed E-state index contributed by atoms with van der Waals surface area (Å²) >= 11 is 1.55. The average molecular weight is 409 g/mol. The first kappa shape index (κ1) is 19.8. The van der Waals surface area contributed by atoms with Crippen LogP contribution in [0.4, 0.5) is 5.69 Å². The molecule has 2 aromatic heterocycles. The van der Waals surface area contributed by atoms with Gasteiger partial charge < -0.3 is 10.2 Å². The lowest BCUT2D eigenvalue weighted by atomic mass is 10.2. The van der Waals surface area contributed by atoms with Crippen LogP contribution < -0.4 is 5.32 Å². The zero-order valence-electron chi connectivity index (χ0n) is 16.6. The van der Waals surface area contributed by atoms with Crippen LogP contribution in [0.5, 0.6) is 0 Å². The number of nitrogens with one attached hydrogen (secondary N) is 1. The van der Waals surface area contributed by atoms with Gasteiger partial charge in [0.1, 0.15) is 10.5 Å². The molecule has 0 saturated carbocycles. The molecule has 0 atom stereocenters. The van der Waals surface area contributed by atoms with Crippen LogP contribution in [0.15, 0.2) is 52.5 Å². The Balaban J connectivity index is 1.45. The molecule has 29 heavy (non-hydrogen) atoms. The maximum Gasteiger partial charge on any atom is 0.238 e. The third-order valence-electron chi connectivity index (χ3n) is 4.91. The second-order valence-electron chi connectivity index (χ2n) is 7.22. The van der Waals surface area contributed by atoms with Crippen molar-refractivity contribution in [1.29, 1.82) is 0 Å². The van der Waals surface area contributed by atoms with Crippen molar-refractivity contribution < 1.29 is 4.79 Å². The smallest absolute Gasteiger partial charge is 0.238 e. The van der Waals surface area contributed by atoms with E-state index in [1.165, 1.54) is 0 Å². The van der Waals surface area contributed by atoms with E-state index in [-0.39, 0.29) is 5.91 Å². The number of aryl methyl sites for hydroxylation is 1. The van der Waals surface area contributed by atoms with Gasteiger partial charge in [-0.05, 0) is 32.2 Å². The van der Waals surface area contributed by atoms with Crippen LogP contribution in [-0.4, -0.2) is 70.4 Å². The van der Waals surface area contributed by atoms with E-state index >= 15 is 0 Å². The molecule has 1 saturated heterocycles. The highest BCUT2D eigenvalue weighted by Crippen LogP contribution is 2.27. The van der Waals surface area contributed by atoms with E-state index < -0.39 is 0 Å². The number of anilines is 1. The van der Waals surface area contributed by atoms with Gasteiger partial charge in [-0.15, -0.1) is 0 Å². The van der Waals surface area contributed by atoms with E-state index in [0.29, 0.717) is 23.4 Å². The highest BCUT2D eigenvalue weighted by atomic mass is 32.2. The van der Waals surface area contributed by atoms with Crippen molar-refractivity contribution >= 4 is 34.5 Å². The normalized spacial score (nSPS) is 15.5. The quantitative estimate of drug-likeness (QED) is 0.696. The van der Waals surface area contributed by atoms with Crippen LogP contribution in [0.1, 0.15) is 5.69 Å². The minimum Gasteiger partial charge on any atom is -0.323 e. The first-order chi connectivity index (χ1) is 14.1. The predicted octanol–water partition coefficient (Wildman–Crippen LogP) is 2.67. The number of piperazine rings is 1. The molecular weight excluding hydrogens is 384 g/mol. The molecule has 7 nitrogen and oxygen atoms in total. The molecule has 1 N–H and O–H groups in total. The number of carbonyl (C=O) groups is 1. The number of likely N-dealkylation sites (N-methyl/N-ethyl adjacent to an activating group) is 1. The van der Waals surface area contributed by atoms with Crippen LogP contribution in [0.25, 0.3) is 11.2 Å². The van der Waals surface area contributed by atoms with Gasteiger partial charge in [0, 0.05) is 31.1 Å². The van der Waals surface area contributed by atoms with E-state index in [2.05, 4.69) is 37.1 Å². The number of hydrogen-bond donors (Lipinski definition) is 1. The molecule has 1 aliphatic rings. The van der Waals surface area contributed by atoms with Crippen LogP contribution in [-0.2, 0) is 4.79 Å². The molecule has 1 aliphatic heterocycles. The van der Waals surface area contributed by atoms with E-state index in [1.54, 1.807) is 18.0 Å². The zero-order chi connectivity index (χ0) is 20.2. The summed E-state index contributed by atoms with van der Waals surface area (Å²) in [6.45, 7) is 6.07. The number of aromatic nitrogens is 3. The number of fused-ring (bicyclic) bond motifs is 1. The van der Waals surface area contributed by atoms with Crippen molar-refractivity contribution in [2.75, 3.05) is 45.1 Å². The number of pyridine rings is 1. The number of rotatable bonds is 5. The Kier molecular flexibility index (Phi) is 6.03. The molecule has 4 rings (SSSR count). The van der Waals surface area contributed by atoms with E-state index in [1.807, 2.05) is 43.3 Å². The molecular formula is C21H24N6OS. The van der Waals surface area contributed by atoms with Crippen molar-refractivity contribution in [3.63, 3.8) is 0 Å². The number of amides is 1. The summed E-state index contributed by atoms with van der Waals surface area (Å²) in [5.41, 5.74) is 2.68. The van der Waals surface area contributed by atoms with Gasteiger partial charge in [-0.2, -0.15) is 0 Å². The summed E-state index contributed by atoms with van der Waals surface area (Å²) in [6, 6.07) is 11.9. The Labute approximate surface area is 174 Å². The first-order valence-electron chi connectivity index (χ1n) is 9.65. The molecule has 0 aliphatic carbocycles. The number of benzene rings is 1. The fourth-order valence-corrected chi connectivity index (χ4v) is 3.97. The zero-order valence-corrected chi connectivity index (χ0v) is 17.4. The van der Waals surface area contributed by atoms with Gasteiger partial charge in [0.05, 0.1) is 24.1 Å². The fraction of sp³-hybridized carbons (Fsp3) is 0.333. The second-order valence-corrected chi connectivity index (χ2v) is 8.31. The highest BCUT2D eigenvalue weighted by Gasteiger charge is 2.17. The molecule has 1 fully saturated rings. The van der Waals surface area contributed by atoms with Gasteiger partial charge in [0.2, 0.25) is 5.91 Å². The predicted molar refractivity (Wildman–Crippen MR) is 115 cm³/mol. The lowest BCUT2D eigenvalue weighted by molar-refractivity contribution is -0.117. The van der Waals surface area contributed by atoms with Gasteiger partial charge >= 0.3 is 0 Å². The third kappa shape index (κ3) is 5.09. The topological polar surface area (TPSA) is 74.2 Å². The van der Waals surface area contributed by atoms with Crippen molar-refractivity contribution in [2.24, 2.45) is 0 Å². The molecule has 8 heteroatoms. The monoisotopic (exact) mass is 408 g/mol. The Morgan fingerprint density at radius 2 is 1.90 bits per heavy atom. The van der Waals surface area contributed by atoms with Crippen molar-refractivity contribution in [2.45, 2.75) is 16.8 Å². The van der Waals surface area contributed by atoms with E-state index in [4.69, 9.17) is 0 Å². The summed E-state index contributed by atoms with van der Waals surface area (Å²) in [5, 5.41) is 3.78. The van der Waals surface area contributed by atoms with Crippen molar-refractivity contribution in [1.82, 2.24) is 24.8 Å². The number of carbonyl (C=O) groups excluding carboxylic acids is 1. The van der Waals surface area contributed by atoms with Gasteiger partial charge in [-0.3, -0.25) is 9.69 Å². The maximum atomic E-state index is 12.5. The standard InChI is InChI=1S/C21H24N6OS/c1-15-17(24-19(28)14-27-10-8-26(2)9-11-27)12-18-21(23-15)25-20(13-22-18)29-16-6-4-3-5-7-16/h3-7,12-13H,8-11,14H2,1-2H3,(H,24,28). The van der Waals surface area contributed by atoms with Gasteiger partial charge in [-0.1, -0.05) is 30.0 Å². The van der Waals surface area contributed by atoms with Crippen LogP contribution in [0, 0.1) is 6.92 Å². The lowest BCUT2D eigenvalue weighted by Crippen LogP contribution is -2.47. The van der Waals surface area contributed by atoms with Gasteiger partial charge in [0.25, 0.3) is 0 Å². The van der Waals surface area contributed by atoms with Crippen LogP contribution >= 0.6 is 11.8 Å². The molecule has 0 unspecified atom stereocenters. The Morgan fingerprint density at radius 1 is 1.14 bits per heavy atom. The third-order valence-corrected chi connectivity index (χ3v) is 5.82. The van der Waals surface area contributed by atoms with Gasteiger partial charge in [-0.25, -0.2) is 15.0 Å². The van der Waals surface area contributed by atoms with Crippen LogP contribution in [0.3, 0.4) is 0 Å². The molecule has 1 amide bonds. The SMILES string of the molecule is Cc1nc2nc(Sc3ccccc3)cnc2cc1NC(=O)CN1CCN(C)CC1. The Hall–Kier alpha value is -2.55. The van der Waals surface area contributed by atoms with E-state index in [0.717, 1.165) is 41.8 Å². The summed E-state index contributed by atoms with van der Waals surface area (Å²) in [4.78, 5) is 31.7. The Bertz CT molecular complexity index is 1000. The van der Waals surface area contributed by atoms with Crippen LogP contribution in [0.2, 0.25) is 0 Å². The average Bonchev–Trinajstić information content (AvgIpc) is 2.71. The number of hydrogen-bond acceptors (Lipinski definition) is 7. The second kappa shape index (κ2) is 8.86. The Morgan fingerprint density at radius 3 is 2.66 bits per heavy atom. The maximum absolute atomic E-state index is 12.5. The van der Waals surface area contributed by atoms with Crippen molar-refractivity contribution in [3.05, 3.63) is 48.3 Å². The minimum atomic E-state index is -0.0250. The largest absolute Gasteiger partial charge is 0.323 e. The molecule has 3 aromatic rings. The molecule has 0 radical (unpaired) electrons. The summed E-state index contributed by atoms with van der Waals surface area (Å²) in [7, 11) is 2.10.